The first-order valence-corrected chi connectivity index (χ1v) is 6.74. The molecule has 112 valence electrons. The number of carbonyl (C=O) groups excluding carboxylic acids is 1. The number of aliphatic hydroxyl groups is 1. The molecule has 1 rings (SSSR count). The van der Waals surface area contributed by atoms with Crippen LogP contribution in [0.3, 0.4) is 0 Å². The summed E-state index contributed by atoms with van der Waals surface area (Å²) in [5.41, 5.74) is 0.709. The molecule has 20 heavy (non-hydrogen) atoms. The van der Waals surface area contributed by atoms with E-state index < -0.39 is 0 Å². The largest absolute Gasteiger partial charge is 0.493 e. The van der Waals surface area contributed by atoms with Crippen LogP contribution in [0.1, 0.15) is 25.8 Å². The summed E-state index contributed by atoms with van der Waals surface area (Å²) in [6.07, 6.45) is 0.940. The number of nitrogens with one attached hydrogen (secondary N) is 1. The third-order valence-corrected chi connectivity index (χ3v) is 2.81. The highest BCUT2D eigenvalue weighted by molar-refractivity contribution is 5.77. The van der Waals surface area contributed by atoms with Crippen molar-refractivity contribution in [3.8, 4) is 11.5 Å². The molecule has 0 aliphatic rings. The molecule has 0 spiro atoms. The third kappa shape index (κ3) is 5.48. The van der Waals surface area contributed by atoms with Crippen molar-refractivity contribution in [2.45, 2.75) is 26.9 Å². The van der Waals surface area contributed by atoms with Gasteiger partial charge < -0.3 is 19.9 Å². The van der Waals surface area contributed by atoms with Crippen molar-refractivity contribution in [3.05, 3.63) is 23.8 Å². The molecular formula is C15H23NO4. The number of aliphatic hydroxyl groups excluding tert-OH is 1. The smallest absolute Gasteiger partial charge is 0.257 e. The summed E-state index contributed by atoms with van der Waals surface area (Å²) in [4.78, 5) is 11.6. The Morgan fingerprint density at radius 2 is 2.10 bits per heavy atom. The SMILES string of the molecule is COc1ccc(CO)cc1OCC(=O)NCCC(C)C. The van der Waals surface area contributed by atoms with Gasteiger partial charge in [-0.05, 0) is 30.0 Å². The zero-order chi connectivity index (χ0) is 15.0. The molecule has 0 bridgehead atoms. The second kappa shape index (κ2) is 8.43. The number of amides is 1. The first kappa shape index (κ1) is 16.3. The molecule has 2 N–H and O–H groups in total. The zero-order valence-electron chi connectivity index (χ0n) is 12.3. The Balaban J connectivity index is 2.49. The summed E-state index contributed by atoms with van der Waals surface area (Å²) < 4.78 is 10.6. The van der Waals surface area contributed by atoms with Gasteiger partial charge in [-0.15, -0.1) is 0 Å². The van der Waals surface area contributed by atoms with Crippen LogP contribution in [0.5, 0.6) is 11.5 Å². The lowest BCUT2D eigenvalue weighted by molar-refractivity contribution is -0.123. The predicted octanol–water partition coefficient (Wildman–Crippen LogP) is 1.73. The molecule has 0 aliphatic carbocycles. The van der Waals surface area contributed by atoms with Gasteiger partial charge in [-0.2, -0.15) is 0 Å². The van der Waals surface area contributed by atoms with Crippen LogP contribution in [0, 0.1) is 5.92 Å². The Bertz CT molecular complexity index is 432. The molecule has 0 saturated carbocycles. The Morgan fingerprint density at radius 1 is 1.35 bits per heavy atom. The fourth-order valence-corrected chi connectivity index (χ4v) is 1.63. The van der Waals surface area contributed by atoms with E-state index in [1.807, 2.05) is 0 Å². The Hall–Kier alpha value is -1.75. The maximum atomic E-state index is 11.6. The van der Waals surface area contributed by atoms with E-state index >= 15 is 0 Å². The van der Waals surface area contributed by atoms with E-state index in [1.165, 1.54) is 7.11 Å². The van der Waals surface area contributed by atoms with Crippen LogP contribution in [0.25, 0.3) is 0 Å². The topological polar surface area (TPSA) is 67.8 Å². The van der Waals surface area contributed by atoms with Gasteiger partial charge in [0, 0.05) is 6.54 Å². The summed E-state index contributed by atoms with van der Waals surface area (Å²) in [6, 6.07) is 5.12. The molecule has 0 aromatic heterocycles. The third-order valence-electron chi connectivity index (χ3n) is 2.81. The number of methoxy groups -OCH3 is 1. The predicted molar refractivity (Wildman–Crippen MR) is 76.9 cm³/mol. The molecule has 1 aromatic rings. The van der Waals surface area contributed by atoms with Gasteiger partial charge in [-0.1, -0.05) is 19.9 Å². The molecule has 0 unspecified atom stereocenters. The number of ether oxygens (including phenoxy) is 2. The minimum atomic E-state index is -0.165. The van der Waals surface area contributed by atoms with Gasteiger partial charge >= 0.3 is 0 Å². The van der Waals surface area contributed by atoms with Crippen molar-refractivity contribution in [3.63, 3.8) is 0 Å². The fraction of sp³-hybridized carbons (Fsp3) is 0.533. The number of hydrogen-bond donors (Lipinski definition) is 2. The summed E-state index contributed by atoms with van der Waals surface area (Å²) in [5, 5.41) is 11.9. The van der Waals surface area contributed by atoms with E-state index in [2.05, 4.69) is 19.2 Å². The molecule has 5 nitrogen and oxygen atoms in total. The van der Waals surface area contributed by atoms with E-state index in [4.69, 9.17) is 14.6 Å². The average molecular weight is 281 g/mol. The highest BCUT2D eigenvalue weighted by atomic mass is 16.5. The number of rotatable bonds is 8. The van der Waals surface area contributed by atoms with Crippen LogP contribution in [0.2, 0.25) is 0 Å². The Morgan fingerprint density at radius 3 is 2.70 bits per heavy atom. The van der Waals surface area contributed by atoms with Gasteiger partial charge in [-0.3, -0.25) is 4.79 Å². The van der Waals surface area contributed by atoms with Crippen LogP contribution >= 0.6 is 0 Å². The van der Waals surface area contributed by atoms with Crippen molar-refractivity contribution in [1.29, 1.82) is 0 Å². The maximum Gasteiger partial charge on any atom is 0.257 e. The van der Waals surface area contributed by atoms with Gasteiger partial charge in [0.15, 0.2) is 18.1 Å². The molecule has 0 heterocycles. The van der Waals surface area contributed by atoms with Crippen LogP contribution in [-0.4, -0.2) is 31.3 Å². The second-order valence-electron chi connectivity index (χ2n) is 4.96. The molecule has 0 aliphatic heterocycles. The van der Waals surface area contributed by atoms with E-state index in [0.717, 1.165) is 6.42 Å². The first-order valence-electron chi connectivity index (χ1n) is 6.74. The molecular weight excluding hydrogens is 258 g/mol. The van der Waals surface area contributed by atoms with Gasteiger partial charge in [0.05, 0.1) is 13.7 Å². The second-order valence-corrected chi connectivity index (χ2v) is 4.96. The molecule has 0 atom stereocenters. The van der Waals surface area contributed by atoms with E-state index in [-0.39, 0.29) is 19.1 Å². The number of benzene rings is 1. The zero-order valence-corrected chi connectivity index (χ0v) is 12.3. The fourth-order valence-electron chi connectivity index (χ4n) is 1.63. The number of carbonyl (C=O) groups is 1. The van der Waals surface area contributed by atoms with E-state index in [1.54, 1.807) is 18.2 Å². The Labute approximate surface area is 119 Å². The summed E-state index contributed by atoms with van der Waals surface area (Å²) in [6.45, 7) is 4.71. The van der Waals surface area contributed by atoms with Crippen molar-refractivity contribution in [2.75, 3.05) is 20.3 Å². The van der Waals surface area contributed by atoms with Crippen LogP contribution in [0.4, 0.5) is 0 Å². The average Bonchev–Trinajstić information content (AvgIpc) is 2.44. The normalized spacial score (nSPS) is 10.4. The Kier molecular flexibility index (Phi) is 6.87. The number of hydrogen-bond acceptors (Lipinski definition) is 4. The standard InChI is InChI=1S/C15H23NO4/c1-11(2)6-7-16-15(18)10-20-14-8-12(9-17)4-5-13(14)19-3/h4-5,8,11,17H,6-7,9-10H2,1-3H3,(H,16,18). The van der Waals surface area contributed by atoms with Gasteiger partial charge in [0.2, 0.25) is 0 Å². The molecule has 0 fully saturated rings. The lowest BCUT2D eigenvalue weighted by Gasteiger charge is -2.12. The maximum absolute atomic E-state index is 11.6. The minimum Gasteiger partial charge on any atom is -0.493 e. The van der Waals surface area contributed by atoms with Crippen molar-refractivity contribution in [1.82, 2.24) is 5.32 Å². The van der Waals surface area contributed by atoms with Gasteiger partial charge in [0.1, 0.15) is 0 Å². The van der Waals surface area contributed by atoms with Crippen LogP contribution in [-0.2, 0) is 11.4 Å². The van der Waals surface area contributed by atoms with Crippen LogP contribution in [0.15, 0.2) is 18.2 Å². The highest BCUT2D eigenvalue weighted by Crippen LogP contribution is 2.27. The molecule has 1 aromatic carbocycles. The monoisotopic (exact) mass is 281 g/mol. The summed E-state index contributed by atoms with van der Waals surface area (Å²) in [5.74, 6) is 1.38. The highest BCUT2D eigenvalue weighted by Gasteiger charge is 2.08. The lowest BCUT2D eigenvalue weighted by Crippen LogP contribution is -2.30. The van der Waals surface area contributed by atoms with Crippen molar-refractivity contribution >= 4 is 5.91 Å². The quantitative estimate of drug-likeness (QED) is 0.761. The summed E-state index contributed by atoms with van der Waals surface area (Å²) >= 11 is 0. The van der Waals surface area contributed by atoms with Crippen molar-refractivity contribution in [2.24, 2.45) is 5.92 Å². The molecule has 5 heteroatoms. The van der Waals surface area contributed by atoms with Crippen LogP contribution < -0.4 is 14.8 Å². The van der Waals surface area contributed by atoms with Gasteiger partial charge in [0.25, 0.3) is 5.91 Å². The first-order chi connectivity index (χ1) is 9.56. The minimum absolute atomic E-state index is 0.0661. The molecule has 0 radical (unpaired) electrons. The summed E-state index contributed by atoms with van der Waals surface area (Å²) in [7, 11) is 1.53. The molecule has 1 amide bonds. The van der Waals surface area contributed by atoms with E-state index in [0.29, 0.717) is 29.5 Å². The van der Waals surface area contributed by atoms with Gasteiger partial charge in [-0.25, -0.2) is 0 Å². The lowest BCUT2D eigenvalue weighted by atomic mass is 10.1. The van der Waals surface area contributed by atoms with E-state index in [9.17, 15) is 4.79 Å². The van der Waals surface area contributed by atoms with Crippen molar-refractivity contribution < 1.29 is 19.4 Å². The molecule has 0 saturated heterocycles.